The predicted molar refractivity (Wildman–Crippen MR) is 69.4 cm³/mol. The molecule has 1 aromatic heterocycles. The molecule has 0 spiro atoms. The van der Waals surface area contributed by atoms with Crippen LogP contribution in [0.2, 0.25) is 0 Å². The third-order valence-corrected chi connectivity index (χ3v) is 2.84. The highest BCUT2D eigenvalue weighted by Crippen LogP contribution is 2.28. The first kappa shape index (κ1) is 14.3. The molecule has 0 atom stereocenters. The van der Waals surface area contributed by atoms with Gasteiger partial charge >= 0.3 is 6.18 Å². The largest absolute Gasteiger partial charge is 0.435 e. The smallest absolute Gasteiger partial charge is 0.328 e. The average Bonchev–Trinajstić information content (AvgIpc) is 2.46. The van der Waals surface area contributed by atoms with E-state index in [1.54, 1.807) is 11.9 Å². The molecular formula is C13H13F3N4. The molecule has 2 aromatic rings. The number of nitrogens with zero attached hydrogens (tertiary/aromatic N) is 3. The van der Waals surface area contributed by atoms with Crippen LogP contribution in [0.15, 0.2) is 36.4 Å². The van der Waals surface area contributed by atoms with E-state index >= 15 is 0 Å². The van der Waals surface area contributed by atoms with E-state index in [1.165, 1.54) is 6.07 Å². The normalized spacial score (nSPS) is 11.4. The second-order valence-corrected chi connectivity index (χ2v) is 4.20. The molecule has 0 bridgehead atoms. The zero-order valence-electron chi connectivity index (χ0n) is 10.7. The summed E-state index contributed by atoms with van der Waals surface area (Å²) in [4.78, 5) is 1.65. The number of rotatable bonds is 3. The van der Waals surface area contributed by atoms with Crippen LogP contribution in [0.1, 0.15) is 11.3 Å². The summed E-state index contributed by atoms with van der Waals surface area (Å²) < 4.78 is 37.2. The minimum absolute atomic E-state index is 0.332. The summed E-state index contributed by atoms with van der Waals surface area (Å²) >= 11 is 0. The fraction of sp³-hybridized carbons (Fsp3) is 0.231. The van der Waals surface area contributed by atoms with Crippen molar-refractivity contribution in [3.8, 4) is 0 Å². The predicted octanol–water partition coefficient (Wildman–Crippen LogP) is 2.72. The monoisotopic (exact) mass is 282 g/mol. The summed E-state index contributed by atoms with van der Waals surface area (Å²) in [6, 6.07) is 9.54. The molecule has 0 radical (unpaired) electrons. The number of hydrogen-bond donors (Lipinski definition) is 1. The lowest BCUT2D eigenvalue weighted by Crippen LogP contribution is -2.15. The number of alkyl halides is 3. The maximum atomic E-state index is 12.4. The van der Waals surface area contributed by atoms with Crippen molar-refractivity contribution < 1.29 is 13.2 Å². The van der Waals surface area contributed by atoms with E-state index in [0.717, 1.165) is 17.3 Å². The highest BCUT2D eigenvalue weighted by atomic mass is 19.4. The Morgan fingerprint density at radius 1 is 1.05 bits per heavy atom. The van der Waals surface area contributed by atoms with Crippen LogP contribution in [-0.4, -0.2) is 17.2 Å². The van der Waals surface area contributed by atoms with Crippen molar-refractivity contribution in [1.82, 2.24) is 10.2 Å². The average molecular weight is 282 g/mol. The summed E-state index contributed by atoms with van der Waals surface area (Å²) in [5.74, 6) is 0.332. The van der Waals surface area contributed by atoms with Gasteiger partial charge in [-0.15, -0.1) is 10.2 Å². The molecule has 2 N–H and O–H groups in total. The van der Waals surface area contributed by atoms with Crippen molar-refractivity contribution in [3.05, 3.63) is 47.7 Å². The molecule has 0 aliphatic heterocycles. The first-order valence-electron chi connectivity index (χ1n) is 5.85. The fourth-order valence-electron chi connectivity index (χ4n) is 1.64. The van der Waals surface area contributed by atoms with Crippen molar-refractivity contribution >= 4 is 11.5 Å². The van der Waals surface area contributed by atoms with E-state index in [9.17, 15) is 13.2 Å². The summed E-state index contributed by atoms with van der Waals surface area (Å²) in [7, 11) is 1.70. The molecule has 0 saturated heterocycles. The van der Waals surface area contributed by atoms with Gasteiger partial charge in [0.1, 0.15) is 0 Å². The second-order valence-electron chi connectivity index (χ2n) is 4.20. The van der Waals surface area contributed by atoms with Crippen LogP contribution in [0, 0.1) is 0 Å². The van der Waals surface area contributed by atoms with Crippen molar-refractivity contribution in [2.45, 2.75) is 12.7 Å². The van der Waals surface area contributed by atoms with E-state index in [2.05, 4.69) is 10.2 Å². The molecule has 2 rings (SSSR count). The zero-order chi connectivity index (χ0) is 14.8. The number of anilines is 2. The van der Waals surface area contributed by atoms with Crippen LogP contribution >= 0.6 is 0 Å². The molecule has 0 amide bonds. The summed E-state index contributed by atoms with van der Waals surface area (Å²) in [6.45, 7) is 0.435. The molecule has 0 fully saturated rings. The van der Waals surface area contributed by atoms with Gasteiger partial charge in [0.25, 0.3) is 0 Å². The van der Waals surface area contributed by atoms with Crippen molar-refractivity contribution in [1.29, 1.82) is 0 Å². The zero-order valence-corrected chi connectivity index (χ0v) is 10.7. The van der Waals surface area contributed by atoms with Gasteiger partial charge in [-0.25, -0.2) is 0 Å². The molecule has 0 saturated carbocycles. The molecule has 1 heterocycles. The Morgan fingerprint density at radius 3 is 2.15 bits per heavy atom. The van der Waals surface area contributed by atoms with Gasteiger partial charge < -0.3 is 10.6 Å². The van der Waals surface area contributed by atoms with Crippen LogP contribution < -0.4 is 10.6 Å². The Kier molecular flexibility index (Phi) is 3.89. The maximum Gasteiger partial charge on any atom is 0.435 e. The standard InChI is InChI=1S/C13H13F3N4/c1-20(10-4-2-9(8-17)3-5-10)12-7-6-11(18-19-12)13(14,15)16/h2-7H,8,17H2,1H3. The number of hydrogen-bond acceptors (Lipinski definition) is 4. The van der Waals surface area contributed by atoms with Crippen molar-refractivity contribution in [2.75, 3.05) is 11.9 Å². The van der Waals surface area contributed by atoms with Gasteiger partial charge in [-0.05, 0) is 29.8 Å². The van der Waals surface area contributed by atoms with Gasteiger partial charge in [0, 0.05) is 19.3 Å². The Bertz CT molecular complexity index is 564. The molecule has 0 aliphatic carbocycles. The van der Waals surface area contributed by atoms with Gasteiger partial charge in [-0.1, -0.05) is 12.1 Å². The molecule has 0 aliphatic rings. The molecule has 0 unspecified atom stereocenters. The van der Waals surface area contributed by atoms with E-state index in [4.69, 9.17) is 5.73 Å². The Morgan fingerprint density at radius 2 is 1.70 bits per heavy atom. The van der Waals surface area contributed by atoms with E-state index in [-0.39, 0.29) is 0 Å². The van der Waals surface area contributed by atoms with Crippen LogP contribution in [0.4, 0.5) is 24.7 Å². The minimum atomic E-state index is -4.48. The minimum Gasteiger partial charge on any atom is -0.328 e. The second kappa shape index (κ2) is 5.46. The first-order valence-corrected chi connectivity index (χ1v) is 5.85. The highest BCUT2D eigenvalue weighted by molar-refractivity contribution is 5.58. The molecule has 1 aromatic carbocycles. The summed E-state index contributed by atoms with van der Waals surface area (Å²) in [6.07, 6.45) is -4.48. The maximum absolute atomic E-state index is 12.4. The van der Waals surface area contributed by atoms with Crippen LogP contribution in [0.3, 0.4) is 0 Å². The van der Waals surface area contributed by atoms with Gasteiger partial charge in [0.05, 0.1) is 0 Å². The molecule has 7 heteroatoms. The third-order valence-electron chi connectivity index (χ3n) is 2.84. The molecular weight excluding hydrogens is 269 g/mol. The number of halogens is 3. The van der Waals surface area contributed by atoms with Crippen molar-refractivity contribution in [3.63, 3.8) is 0 Å². The quantitative estimate of drug-likeness (QED) is 0.940. The van der Waals surface area contributed by atoms with Crippen LogP contribution in [0.5, 0.6) is 0 Å². The van der Waals surface area contributed by atoms with Crippen LogP contribution in [0.25, 0.3) is 0 Å². The van der Waals surface area contributed by atoms with E-state index in [0.29, 0.717) is 12.4 Å². The SMILES string of the molecule is CN(c1ccc(CN)cc1)c1ccc(C(F)(F)F)nn1. The Labute approximate surface area is 114 Å². The van der Waals surface area contributed by atoms with Gasteiger partial charge in [0.2, 0.25) is 0 Å². The molecule has 20 heavy (non-hydrogen) atoms. The Hall–Kier alpha value is -2.15. The van der Waals surface area contributed by atoms with Gasteiger partial charge in [-0.3, -0.25) is 0 Å². The lowest BCUT2D eigenvalue weighted by molar-refractivity contribution is -0.141. The van der Waals surface area contributed by atoms with Crippen LogP contribution in [-0.2, 0) is 12.7 Å². The van der Waals surface area contributed by atoms with Gasteiger partial charge in [-0.2, -0.15) is 13.2 Å². The molecule has 106 valence electrons. The molecule has 4 nitrogen and oxygen atoms in total. The van der Waals surface area contributed by atoms with E-state index < -0.39 is 11.9 Å². The Balaban J connectivity index is 2.22. The van der Waals surface area contributed by atoms with Gasteiger partial charge in [0.15, 0.2) is 11.5 Å². The highest BCUT2D eigenvalue weighted by Gasteiger charge is 2.33. The lowest BCUT2D eigenvalue weighted by Gasteiger charge is -2.18. The number of aromatic nitrogens is 2. The van der Waals surface area contributed by atoms with E-state index in [1.807, 2.05) is 24.3 Å². The fourth-order valence-corrected chi connectivity index (χ4v) is 1.64. The summed E-state index contributed by atoms with van der Waals surface area (Å²) in [5.41, 5.74) is 6.26. The number of benzene rings is 1. The first-order chi connectivity index (χ1) is 9.41. The lowest BCUT2D eigenvalue weighted by atomic mass is 10.2. The summed E-state index contributed by atoms with van der Waals surface area (Å²) in [5, 5.41) is 6.79. The third kappa shape index (κ3) is 3.05. The topological polar surface area (TPSA) is 55.0 Å². The number of nitrogens with two attached hydrogens (primary N) is 1. The van der Waals surface area contributed by atoms with Crippen molar-refractivity contribution in [2.24, 2.45) is 5.73 Å².